The van der Waals surface area contributed by atoms with Crippen LogP contribution in [0, 0.1) is 6.92 Å². The molecule has 4 nitrogen and oxygen atoms in total. The molecular weight excluding hydrogens is 190 g/mol. The van der Waals surface area contributed by atoms with E-state index in [0.717, 1.165) is 11.3 Å². The fraction of sp³-hybridized carbons (Fsp3) is 0.364. The molecule has 0 fully saturated rings. The Morgan fingerprint density at radius 1 is 1.53 bits per heavy atom. The summed E-state index contributed by atoms with van der Waals surface area (Å²) in [6.45, 7) is 4.56. The van der Waals surface area contributed by atoms with Crippen LogP contribution in [0.4, 0.5) is 5.69 Å². The van der Waals surface area contributed by atoms with Gasteiger partial charge < -0.3 is 10.3 Å². The third kappa shape index (κ3) is 2.47. The predicted octanol–water partition coefficient (Wildman–Crippen LogP) is 1.37. The number of anilines is 1. The highest BCUT2D eigenvalue weighted by atomic mass is 16.2. The molecule has 0 spiro atoms. The Hall–Kier alpha value is -1.55. The van der Waals surface area contributed by atoms with Gasteiger partial charge in [0.2, 0.25) is 0 Å². The summed E-state index contributed by atoms with van der Waals surface area (Å²) in [6.07, 6.45) is 0. The first-order valence-electron chi connectivity index (χ1n) is 4.92. The zero-order chi connectivity index (χ0) is 11.4. The van der Waals surface area contributed by atoms with Crippen LogP contribution < -0.4 is 11.3 Å². The molecule has 0 atom stereocenters. The number of nitrogen functional groups attached to an aromatic ring is 1. The largest absolute Gasteiger partial charge is 0.342 e. The van der Waals surface area contributed by atoms with Gasteiger partial charge in [-0.3, -0.25) is 10.6 Å². The number of amides is 1. The van der Waals surface area contributed by atoms with E-state index >= 15 is 0 Å². The van der Waals surface area contributed by atoms with E-state index in [4.69, 9.17) is 5.84 Å². The minimum Gasteiger partial charge on any atom is -0.342 e. The quantitative estimate of drug-likeness (QED) is 0.581. The first-order valence-corrected chi connectivity index (χ1v) is 4.92. The van der Waals surface area contributed by atoms with Crippen molar-refractivity contribution >= 4 is 11.6 Å². The molecule has 1 rings (SSSR count). The van der Waals surface area contributed by atoms with Crippen molar-refractivity contribution in [2.75, 3.05) is 19.0 Å². The first-order chi connectivity index (χ1) is 7.10. The molecule has 4 heteroatoms. The third-order valence-corrected chi connectivity index (χ3v) is 2.45. The Morgan fingerprint density at radius 2 is 2.20 bits per heavy atom. The van der Waals surface area contributed by atoms with E-state index in [1.165, 1.54) is 0 Å². The van der Waals surface area contributed by atoms with Gasteiger partial charge in [0.1, 0.15) is 0 Å². The smallest absolute Gasteiger partial charge is 0.253 e. The lowest BCUT2D eigenvalue weighted by molar-refractivity contribution is 0.0802. The van der Waals surface area contributed by atoms with Crippen LogP contribution in [0.15, 0.2) is 18.2 Å². The summed E-state index contributed by atoms with van der Waals surface area (Å²) < 4.78 is 0. The number of hydrazine groups is 1. The summed E-state index contributed by atoms with van der Waals surface area (Å²) in [6, 6.07) is 5.42. The van der Waals surface area contributed by atoms with Crippen LogP contribution in [-0.4, -0.2) is 24.4 Å². The number of hydrogen-bond acceptors (Lipinski definition) is 3. The molecule has 3 N–H and O–H groups in total. The monoisotopic (exact) mass is 207 g/mol. The lowest BCUT2D eigenvalue weighted by Crippen LogP contribution is -2.26. The summed E-state index contributed by atoms with van der Waals surface area (Å²) in [5.74, 6) is 5.35. The SMILES string of the molecule is CCN(C)C(=O)c1ccc(NN)c(C)c1. The topological polar surface area (TPSA) is 58.4 Å². The molecule has 0 aliphatic carbocycles. The Balaban J connectivity index is 2.97. The van der Waals surface area contributed by atoms with Crippen molar-refractivity contribution in [3.63, 3.8) is 0 Å². The number of nitrogens with two attached hydrogens (primary N) is 1. The summed E-state index contributed by atoms with van der Waals surface area (Å²) >= 11 is 0. The van der Waals surface area contributed by atoms with Crippen LogP contribution in [0.3, 0.4) is 0 Å². The molecule has 0 heterocycles. The van der Waals surface area contributed by atoms with Crippen molar-refractivity contribution < 1.29 is 4.79 Å². The van der Waals surface area contributed by atoms with Crippen LogP contribution in [0.1, 0.15) is 22.8 Å². The van der Waals surface area contributed by atoms with Crippen molar-refractivity contribution in [3.05, 3.63) is 29.3 Å². The second-order valence-electron chi connectivity index (χ2n) is 3.49. The summed E-state index contributed by atoms with van der Waals surface area (Å²) in [4.78, 5) is 13.5. The number of nitrogens with one attached hydrogen (secondary N) is 1. The molecule has 0 aliphatic rings. The van der Waals surface area contributed by atoms with E-state index in [-0.39, 0.29) is 5.91 Å². The van der Waals surface area contributed by atoms with Crippen molar-refractivity contribution in [1.82, 2.24) is 4.90 Å². The number of rotatable bonds is 3. The minimum absolute atomic E-state index is 0.0316. The molecule has 0 bridgehead atoms. The maximum atomic E-state index is 11.8. The standard InChI is InChI=1S/C11H17N3O/c1-4-14(3)11(15)9-5-6-10(13-12)8(2)7-9/h5-7,13H,4,12H2,1-3H3. The van der Waals surface area contributed by atoms with Crippen LogP contribution in [0.5, 0.6) is 0 Å². The number of nitrogens with zero attached hydrogens (tertiary/aromatic N) is 1. The highest BCUT2D eigenvalue weighted by molar-refractivity contribution is 5.94. The summed E-state index contributed by atoms with van der Waals surface area (Å²) in [7, 11) is 1.78. The van der Waals surface area contributed by atoms with Gasteiger partial charge in [-0.15, -0.1) is 0 Å². The van der Waals surface area contributed by atoms with Gasteiger partial charge in [-0.2, -0.15) is 0 Å². The molecule has 0 unspecified atom stereocenters. The fourth-order valence-electron chi connectivity index (χ4n) is 1.32. The average Bonchev–Trinajstić information content (AvgIpc) is 2.26. The molecule has 1 amide bonds. The van der Waals surface area contributed by atoms with Crippen LogP contribution in [-0.2, 0) is 0 Å². The highest BCUT2D eigenvalue weighted by Crippen LogP contribution is 2.16. The van der Waals surface area contributed by atoms with E-state index < -0.39 is 0 Å². The van der Waals surface area contributed by atoms with Gasteiger partial charge in [-0.1, -0.05) is 0 Å². The molecular formula is C11H17N3O. The van der Waals surface area contributed by atoms with Crippen molar-refractivity contribution in [2.24, 2.45) is 5.84 Å². The molecule has 1 aromatic rings. The van der Waals surface area contributed by atoms with Gasteiger partial charge in [-0.25, -0.2) is 0 Å². The van der Waals surface area contributed by atoms with E-state index in [1.807, 2.05) is 26.0 Å². The van der Waals surface area contributed by atoms with E-state index in [1.54, 1.807) is 18.0 Å². The van der Waals surface area contributed by atoms with Crippen LogP contribution in [0.2, 0.25) is 0 Å². The Bertz CT molecular complexity index is 363. The Kier molecular flexibility index (Phi) is 3.68. The molecule has 0 aliphatic heterocycles. The van der Waals surface area contributed by atoms with Crippen LogP contribution in [0.25, 0.3) is 0 Å². The minimum atomic E-state index is 0.0316. The molecule has 0 aromatic heterocycles. The maximum Gasteiger partial charge on any atom is 0.253 e. The zero-order valence-corrected chi connectivity index (χ0v) is 9.37. The third-order valence-electron chi connectivity index (χ3n) is 2.45. The van der Waals surface area contributed by atoms with Gasteiger partial charge in [0.25, 0.3) is 5.91 Å². The number of hydrogen-bond donors (Lipinski definition) is 2. The fourth-order valence-corrected chi connectivity index (χ4v) is 1.32. The van der Waals surface area contributed by atoms with Crippen molar-refractivity contribution in [1.29, 1.82) is 0 Å². The van der Waals surface area contributed by atoms with Gasteiger partial charge >= 0.3 is 0 Å². The lowest BCUT2D eigenvalue weighted by atomic mass is 10.1. The molecule has 0 saturated carbocycles. The first kappa shape index (κ1) is 11.5. The second kappa shape index (κ2) is 4.79. The van der Waals surface area contributed by atoms with Crippen molar-refractivity contribution in [3.8, 4) is 0 Å². The van der Waals surface area contributed by atoms with E-state index in [9.17, 15) is 4.79 Å². The Morgan fingerprint density at radius 3 is 2.67 bits per heavy atom. The van der Waals surface area contributed by atoms with Gasteiger partial charge in [0.15, 0.2) is 0 Å². The molecule has 15 heavy (non-hydrogen) atoms. The van der Waals surface area contributed by atoms with Gasteiger partial charge in [-0.05, 0) is 37.6 Å². The number of carbonyl (C=O) groups excluding carboxylic acids is 1. The Labute approximate surface area is 90.0 Å². The maximum absolute atomic E-state index is 11.8. The zero-order valence-electron chi connectivity index (χ0n) is 9.37. The summed E-state index contributed by atoms with van der Waals surface area (Å²) in [5.41, 5.74) is 5.07. The van der Waals surface area contributed by atoms with E-state index in [0.29, 0.717) is 12.1 Å². The molecule has 1 aromatic carbocycles. The summed E-state index contributed by atoms with van der Waals surface area (Å²) in [5, 5.41) is 0. The number of benzene rings is 1. The normalized spacial score (nSPS) is 9.87. The van der Waals surface area contributed by atoms with Crippen molar-refractivity contribution in [2.45, 2.75) is 13.8 Å². The van der Waals surface area contributed by atoms with Crippen LogP contribution >= 0.6 is 0 Å². The van der Waals surface area contributed by atoms with Gasteiger partial charge in [0.05, 0.1) is 5.69 Å². The average molecular weight is 207 g/mol. The molecule has 0 saturated heterocycles. The second-order valence-corrected chi connectivity index (χ2v) is 3.49. The highest BCUT2D eigenvalue weighted by Gasteiger charge is 2.10. The van der Waals surface area contributed by atoms with Gasteiger partial charge in [0, 0.05) is 19.2 Å². The predicted molar refractivity (Wildman–Crippen MR) is 61.6 cm³/mol. The van der Waals surface area contributed by atoms with E-state index in [2.05, 4.69) is 5.43 Å². The number of carbonyl (C=O) groups is 1. The molecule has 82 valence electrons. The number of aryl methyl sites for hydroxylation is 1. The molecule has 0 radical (unpaired) electrons. The lowest BCUT2D eigenvalue weighted by Gasteiger charge is -2.15.